The molecule has 3 N–H and O–H groups in total. The summed E-state index contributed by atoms with van der Waals surface area (Å²) in [5.74, 6) is -4.66. The molecule has 0 aromatic heterocycles. The predicted octanol–water partition coefficient (Wildman–Crippen LogP) is 4.56. The minimum Gasteiger partial charge on any atom is -0.366 e. The van der Waals surface area contributed by atoms with E-state index in [4.69, 9.17) is 5.73 Å². The van der Waals surface area contributed by atoms with Crippen LogP contribution in [0.1, 0.15) is 51.3 Å². The summed E-state index contributed by atoms with van der Waals surface area (Å²) in [6, 6.07) is 10.8. The van der Waals surface area contributed by atoms with E-state index in [9.17, 15) is 27.6 Å². The quantitative estimate of drug-likeness (QED) is 0.403. The van der Waals surface area contributed by atoms with Crippen LogP contribution in [0.4, 0.5) is 18.9 Å². The number of primary amides is 1. The van der Waals surface area contributed by atoms with Crippen molar-refractivity contribution in [2.75, 3.05) is 4.90 Å². The van der Waals surface area contributed by atoms with Crippen LogP contribution in [0, 0.1) is 21.0 Å². The van der Waals surface area contributed by atoms with E-state index in [2.05, 4.69) is 5.32 Å². The highest BCUT2D eigenvalue weighted by atomic mass is 127. The number of nitrogens with zero attached hydrogens (tertiary/aromatic N) is 1. The summed E-state index contributed by atoms with van der Waals surface area (Å²) in [4.78, 5) is 39.4. The number of hydrogen-bond donors (Lipinski definition) is 2. The molecule has 0 radical (unpaired) electrons. The lowest BCUT2D eigenvalue weighted by Gasteiger charge is -2.21. The highest BCUT2D eigenvalue weighted by Crippen LogP contribution is 2.45. The summed E-state index contributed by atoms with van der Waals surface area (Å²) in [7, 11) is 0. The van der Waals surface area contributed by atoms with E-state index in [1.54, 1.807) is 50.2 Å². The lowest BCUT2D eigenvalue weighted by molar-refractivity contribution is -0.122. The Kier molecular flexibility index (Phi) is 6.82. The molecule has 1 aliphatic rings. The third-order valence-electron chi connectivity index (χ3n) is 6.11. The summed E-state index contributed by atoms with van der Waals surface area (Å²) in [6.07, 6.45) is 0. The molecule has 0 saturated carbocycles. The molecule has 4 rings (SSSR count). The second-order valence-corrected chi connectivity index (χ2v) is 10.1. The Balaban J connectivity index is 1.66. The highest BCUT2D eigenvalue weighted by molar-refractivity contribution is 14.1. The van der Waals surface area contributed by atoms with Gasteiger partial charge < -0.3 is 16.0 Å². The van der Waals surface area contributed by atoms with Gasteiger partial charge in [-0.25, -0.2) is 13.2 Å². The van der Waals surface area contributed by atoms with Gasteiger partial charge in [0.15, 0.2) is 0 Å². The van der Waals surface area contributed by atoms with Crippen LogP contribution in [0.25, 0.3) is 0 Å². The molecule has 0 atom stereocenters. The predicted molar refractivity (Wildman–Crippen MR) is 136 cm³/mol. The Morgan fingerprint density at radius 2 is 1.69 bits per heavy atom. The van der Waals surface area contributed by atoms with Gasteiger partial charge in [0.1, 0.15) is 17.5 Å². The molecular formula is C26H21F3IN3O3. The average Bonchev–Trinajstić information content (AvgIpc) is 2.99. The number of hydrogen-bond acceptors (Lipinski definition) is 3. The van der Waals surface area contributed by atoms with Gasteiger partial charge in [0, 0.05) is 44.5 Å². The van der Waals surface area contributed by atoms with Crippen LogP contribution in [-0.2, 0) is 23.3 Å². The third-order valence-corrected chi connectivity index (χ3v) is 6.96. The van der Waals surface area contributed by atoms with Crippen molar-refractivity contribution >= 4 is 46.0 Å². The number of anilines is 1. The maximum absolute atomic E-state index is 14.0. The molecule has 0 aliphatic carbocycles. The van der Waals surface area contributed by atoms with Crippen LogP contribution in [0.3, 0.4) is 0 Å². The second-order valence-electron chi connectivity index (χ2n) is 8.96. The first kappa shape index (κ1) is 25.7. The van der Waals surface area contributed by atoms with Crippen LogP contribution < -0.4 is 16.0 Å². The van der Waals surface area contributed by atoms with Gasteiger partial charge in [-0.05, 0) is 66.3 Å². The largest absolute Gasteiger partial charge is 0.366 e. The Morgan fingerprint density at radius 3 is 2.33 bits per heavy atom. The Morgan fingerprint density at radius 1 is 1.03 bits per heavy atom. The van der Waals surface area contributed by atoms with E-state index in [1.807, 2.05) is 22.6 Å². The van der Waals surface area contributed by atoms with E-state index in [-0.39, 0.29) is 18.0 Å². The van der Waals surface area contributed by atoms with Crippen molar-refractivity contribution in [2.45, 2.75) is 32.4 Å². The van der Waals surface area contributed by atoms with Crippen LogP contribution in [0.15, 0.2) is 48.5 Å². The van der Waals surface area contributed by atoms with E-state index in [0.717, 1.165) is 5.56 Å². The van der Waals surface area contributed by atoms with Gasteiger partial charge in [-0.15, -0.1) is 0 Å². The van der Waals surface area contributed by atoms with E-state index in [1.165, 1.54) is 4.90 Å². The molecule has 3 aromatic carbocycles. The molecule has 3 aromatic rings. The van der Waals surface area contributed by atoms with Crippen molar-refractivity contribution < 1.29 is 27.6 Å². The highest BCUT2D eigenvalue weighted by Gasteiger charge is 2.45. The van der Waals surface area contributed by atoms with Gasteiger partial charge in [-0.2, -0.15) is 0 Å². The smallest absolute Gasteiger partial charge is 0.251 e. The summed E-state index contributed by atoms with van der Waals surface area (Å²) in [5, 5.41) is 2.45. The molecule has 0 unspecified atom stereocenters. The fourth-order valence-corrected chi connectivity index (χ4v) is 5.57. The molecule has 1 heterocycles. The average molecular weight is 607 g/mol. The molecule has 36 heavy (non-hydrogen) atoms. The summed E-state index contributed by atoms with van der Waals surface area (Å²) >= 11 is 2.05. The van der Waals surface area contributed by atoms with Crippen LogP contribution >= 0.6 is 22.6 Å². The first-order valence-corrected chi connectivity index (χ1v) is 11.9. The number of benzene rings is 3. The van der Waals surface area contributed by atoms with Crippen molar-refractivity contribution in [3.8, 4) is 0 Å². The molecule has 3 amide bonds. The number of carbonyl (C=O) groups excluding carboxylic acids is 3. The van der Waals surface area contributed by atoms with Gasteiger partial charge in [0.2, 0.25) is 11.8 Å². The van der Waals surface area contributed by atoms with Crippen molar-refractivity contribution in [3.05, 3.63) is 97.4 Å². The molecule has 0 saturated heterocycles. The number of fused-ring (bicyclic) bond motifs is 1. The Bertz CT molecular complexity index is 1400. The van der Waals surface area contributed by atoms with Gasteiger partial charge in [-0.1, -0.05) is 12.1 Å². The molecule has 186 valence electrons. The fraction of sp³-hybridized carbons (Fsp3) is 0.192. The Hall–Kier alpha value is -3.41. The topological polar surface area (TPSA) is 92.5 Å². The number of halogens is 4. The third kappa shape index (κ3) is 4.69. The first-order chi connectivity index (χ1) is 16.9. The molecular weight excluding hydrogens is 586 g/mol. The first-order valence-electron chi connectivity index (χ1n) is 10.9. The van der Waals surface area contributed by atoms with Crippen LogP contribution in [-0.4, -0.2) is 17.7 Å². The number of carbonyl (C=O) groups is 3. The zero-order valence-electron chi connectivity index (χ0n) is 19.3. The van der Waals surface area contributed by atoms with E-state index >= 15 is 0 Å². The molecule has 0 spiro atoms. The van der Waals surface area contributed by atoms with Gasteiger partial charge in [-0.3, -0.25) is 14.4 Å². The Labute approximate surface area is 218 Å². The van der Waals surface area contributed by atoms with E-state index < -0.39 is 46.8 Å². The minimum atomic E-state index is -1.10. The number of rotatable bonds is 6. The van der Waals surface area contributed by atoms with Gasteiger partial charge >= 0.3 is 0 Å². The summed E-state index contributed by atoms with van der Waals surface area (Å²) < 4.78 is 41.8. The van der Waals surface area contributed by atoms with Crippen molar-refractivity contribution in [2.24, 2.45) is 5.73 Å². The second kappa shape index (κ2) is 9.57. The number of nitrogens with one attached hydrogen (secondary N) is 1. The SMILES string of the molecule is CC1(C)C(=O)N(Cc2cccc(C(N)=O)c2)c2cc(C(=O)NCc3c(F)cc(F)cc3F)cc(I)c21. The molecule has 0 fully saturated rings. The summed E-state index contributed by atoms with van der Waals surface area (Å²) in [6.45, 7) is 3.23. The van der Waals surface area contributed by atoms with Crippen molar-refractivity contribution in [1.82, 2.24) is 5.32 Å². The maximum atomic E-state index is 14.0. The monoisotopic (exact) mass is 607 g/mol. The van der Waals surface area contributed by atoms with Crippen LogP contribution in [0.5, 0.6) is 0 Å². The molecule has 1 aliphatic heterocycles. The van der Waals surface area contributed by atoms with Crippen molar-refractivity contribution in [1.29, 1.82) is 0 Å². The maximum Gasteiger partial charge on any atom is 0.251 e. The van der Waals surface area contributed by atoms with Crippen LogP contribution in [0.2, 0.25) is 0 Å². The van der Waals surface area contributed by atoms with Gasteiger partial charge in [0.25, 0.3) is 5.91 Å². The molecule has 0 bridgehead atoms. The number of amides is 3. The summed E-state index contributed by atoms with van der Waals surface area (Å²) in [5.41, 5.74) is 6.47. The minimum absolute atomic E-state index is 0.142. The zero-order chi connectivity index (χ0) is 26.4. The number of nitrogens with two attached hydrogens (primary N) is 1. The van der Waals surface area contributed by atoms with Gasteiger partial charge in [0.05, 0.1) is 17.6 Å². The molecule has 6 nitrogen and oxygen atoms in total. The van der Waals surface area contributed by atoms with Crippen molar-refractivity contribution in [3.63, 3.8) is 0 Å². The normalized spacial score (nSPS) is 14.1. The molecule has 10 heteroatoms. The lowest BCUT2D eigenvalue weighted by Crippen LogP contribution is -2.36. The standard InChI is InChI=1S/C26H21F3IN3O3/c1-26(2)22-20(30)7-15(24(35)32-11-17-18(28)9-16(27)10-19(17)29)8-21(22)33(25(26)36)12-13-4-3-5-14(6-13)23(31)34/h3-10H,11-12H2,1-2H3,(H2,31,34)(H,32,35). The fourth-order valence-electron chi connectivity index (χ4n) is 4.28. The van der Waals surface area contributed by atoms with E-state index in [0.29, 0.717) is 32.5 Å². The zero-order valence-corrected chi connectivity index (χ0v) is 21.5. The lowest BCUT2D eigenvalue weighted by atomic mass is 9.86.